The van der Waals surface area contributed by atoms with Crippen molar-refractivity contribution in [1.29, 1.82) is 0 Å². The van der Waals surface area contributed by atoms with Gasteiger partial charge in [0.15, 0.2) is 0 Å². The molecule has 2 fully saturated rings. The first-order chi connectivity index (χ1) is 10.2. The van der Waals surface area contributed by atoms with Crippen LogP contribution in [0.2, 0.25) is 0 Å². The average Bonchev–Trinajstić information content (AvgIpc) is 2.47. The molecule has 0 spiro atoms. The van der Waals surface area contributed by atoms with Crippen molar-refractivity contribution in [3.63, 3.8) is 0 Å². The molecule has 1 aliphatic carbocycles. The Labute approximate surface area is 128 Å². The Balaban J connectivity index is 1.73. The molecule has 0 radical (unpaired) electrons. The van der Waals surface area contributed by atoms with Crippen LogP contribution in [0.4, 0.5) is 0 Å². The number of methoxy groups -OCH3 is 2. The highest BCUT2D eigenvalue weighted by atomic mass is 16.5. The summed E-state index contributed by atoms with van der Waals surface area (Å²) in [6.07, 6.45) is 5.51. The van der Waals surface area contributed by atoms with E-state index in [1.165, 1.54) is 12.8 Å². The first kappa shape index (κ1) is 16.7. The van der Waals surface area contributed by atoms with Gasteiger partial charge in [0.25, 0.3) is 0 Å². The monoisotopic (exact) mass is 298 g/mol. The molecule has 5 heteroatoms. The fraction of sp³-hybridized carbons (Fsp3) is 0.938. The van der Waals surface area contributed by atoms with Crippen molar-refractivity contribution < 1.29 is 14.3 Å². The Morgan fingerprint density at radius 2 is 2.10 bits per heavy atom. The van der Waals surface area contributed by atoms with Crippen LogP contribution < -0.4 is 5.32 Å². The lowest BCUT2D eigenvalue weighted by molar-refractivity contribution is -0.140. The number of nitrogens with zero attached hydrogens (tertiary/aromatic N) is 1. The van der Waals surface area contributed by atoms with Crippen molar-refractivity contribution in [2.75, 3.05) is 53.6 Å². The summed E-state index contributed by atoms with van der Waals surface area (Å²) in [4.78, 5) is 14.9. The summed E-state index contributed by atoms with van der Waals surface area (Å²) in [6, 6.07) is 0. The van der Waals surface area contributed by atoms with Gasteiger partial charge in [-0.15, -0.1) is 0 Å². The van der Waals surface area contributed by atoms with Gasteiger partial charge in [0.1, 0.15) is 0 Å². The van der Waals surface area contributed by atoms with Gasteiger partial charge >= 0.3 is 0 Å². The maximum absolute atomic E-state index is 12.4. The van der Waals surface area contributed by atoms with Crippen LogP contribution in [-0.2, 0) is 14.3 Å². The zero-order valence-electron chi connectivity index (χ0n) is 13.5. The molecule has 1 amide bonds. The molecule has 0 aromatic heterocycles. The Morgan fingerprint density at radius 1 is 1.29 bits per heavy atom. The minimum atomic E-state index is -0.237. The topological polar surface area (TPSA) is 50.8 Å². The molecule has 1 heterocycles. The molecule has 1 atom stereocenters. The largest absolute Gasteiger partial charge is 0.384 e. The number of likely N-dealkylation sites (tertiary alicyclic amines) is 1. The normalized spacial score (nSPS) is 25.3. The number of amides is 1. The number of carbonyl (C=O) groups excluding carboxylic acids is 1. The molecule has 0 unspecified atom stereocenters. The molecule has 1 N–H and O–H groups in total. The molecule has 21 heavy (non-hydrogen) atoms. The Kier molecular flexibility index (Phi) is 6.45. The van der Waals surface area contributed by atoms with E-state index < -0.39 is 0 Å². The van der Waals surface area contributed by atoms with E-state index in [0.717, 1.165) is 52.0 Å². The highest BCUT2D eigenvalue weighted by molar-refractivity contribution is 5.83. The third-order valence-corrected chi connectivity index (χ3v) is 4.98. The summed E-state index contributed by atoms with van der Waals surface area (Å²) in [5.41, 5.74) is -0.237. The third-order valence-electron chi connectivity index (χ3n) is 4.98. The highest BCUT2D eigenvalue weighted by Crippen LogP contribution is 2.41. The van der Waals surface area contributed by atoms with Gasteiger partial charge in [0.05, 0.1) is 18.6 Å². The molecule has 122 valence electrons. The van der Waals surface area contributed by atoms with Crippen LogP contribution in [0, 0.1) is 11.3 Å². The summed E-state index contributed by atoms with van der Waals surface area (Å²) >= 11 is 0. The van der Waals surface area contributed by atoms with Gasteiger partial charge in [-0.2, -0.15) is 0 Å². The van der Waals surface area contributed by atoms with Crippen molar-refractivity contribution in [3.05, 3.63) is 0 Å². The first-order valence-electron chi connectivity index (χ1n) is 8.19. The molecular weight excluding hydrogens is 268 g/mol. The fourth-order valence-corrected chi connectivity index (χ4v) is 3.48. The summed E-state index contributed by atoms with van der Waals surface area (Å²) in [5, 5.41) is 3.18. The second-order valence-electron chi connectivity index (χ2n) is 6.58. The second kappa shape index (κ2) is 8.11. The third kappa shape index (κ3) is 4.41. The number of ether oxygens (including phenoxy) is 2. The van der Waals surface area contributed by atoms with Crippen molar-refractivity contribution in [2.45, 2.75) is 32.1 Å². The smallest absolute Gasteiger partial charge is 0.228 e. The molecule has 0 aromatic carbocycles. The summed E-state index contributed by atoms with van der Waals surface area (Å²) in [7, 11) is 3.43. The standard InChI is InChI=1S/C16H30N2O3/c1-20-10-9-18-8-3-5-14(12-18)11-17-15(19)16(13-21-2)6-4-7-16/h14H,3-13H2,1-2H3,(H,17,19)/t14-/m0/s1. The van der Waals surface area contributed by atoms with Gasteiger partial charge in [-0.25, -0.2) is 0 Å². The Bertz CT molecular complexity index is 331. The van der Waals surface area contributed by atoms with E-state index in [1.54, 1.807) is 14.2 Å². The van der Waals surface area contributed by atoms with Crippen LogP contribution in [0.5, 0.6) is 0 Å². The van der Waals surface area contributed by atoms with E-state index >= 15 is 0 Å². The van der Waals surface area contributed by atoms with Crippen LogP contribution in [-0.4, -0.2) is 64.4 Å². The van der Waals surface area contributed by atoms with Crippen molar-refractivity contribution in [2.24, 2.45) is 11.3 Å². The van der Waals surface area contributed by atoms with Crippen LogP contribution >= 0.6 is 0 Å². The molecule has 1 saturated carbocycles. The van der Waals surface area contributed by atoms with Crippen LogP contribution in [0.1, 0.15) is 32.1 Å². The van der Waals surface area contributed by atoms with Gasteiger partial charge in [0.2, 0.25) is 5.91 Å². The number of hydrogen-bond donors (Lipinski definition) is 1. The van der Waals surface area contributed by atoms with Gasteiger partial charge < -0.3 is 19.7 Å². The van der Waals surface area contributed by atoms with E-state index in [1.807, 2.05) is 0 Å². The fourth-order valence-electron chi connectivity index (χ4n) is 3.48. The molecule has 5 nitrogen and oxygen atoms in total. The molecule has 1 saturated heterocycles. The number of rotatable bonds is 8. The lowest BCUT2D eigenvalue weighted by Gasteiger charge is -2.40. The summed E-state index contributed by atoms with van der Waals surface area (Å²) in [5.74, 6) is 0.767. The molecule has 2 rings (SSSR count). The Hall–Kier alpha value is -0.650. The van der Waals surface area contributed by atoms with E-state index in [9.17, 15) is 4.79 Å². The average molecular weight is 298 g/mol. The van der Waals surface area contributed by atoms with Crippen LogP contribution in [0.15, 0.2) is 0 Å². The second-order valence-corrected chi connectivity index (χ2v) is 6.58. The van der Waals surface area contributed by atoms with E-state index in [4.69, 9.17) is 9.47 Å². The van der Waals surface area contributed by atoms with Gasteiger partial charge in [0, 0.05) is 33.9 Å². The van der Waals surface area contributed by atoms with Crippen LogP contribution in [0.3, 0.4) is 0 Å². The van der Waals surface area contributed by atoms with E-state index in [2.05, 4.69) is 10.2 Å². The van der Waals surface area contributed by atoms with Gasteiger partial charge in [-0.05, 0) is 38.1 Å². The van der Waals surface area contributed by atoms with Gasteiger partial charge in [-0.3, -0.25) is 4.79 Å². The zero-order chi connectivity index (χ0) is 15.1. The molecular formula is C16H30N2O3. The zero-order valence-corrected chi connectivity index (χ0v) is 13.5. The molecule has 1 aliphatic heterocycles. The van der Waals surface area contributed by atoms with E-state index in [0.29, 0.717) is 12.5 Å². The summed E-state index contributed by atoms with van der Waals surface area (Å²) in [6.45, 7) is 5.37. The van der Waals surface area contributed by atoms with Crippen molar-refractivity contribution in [3.8, 4) is 0 Å². The highest BCUT2D eigenvalue weighted by Gasteiger charge is 2.44. The molecule has 2 aliphatic rings. The predicted octanol–water partition coefficient (Wildman–Crippen LogP) is 1.28. The minimum Gasteiger partial charge on any atom is -0.384 e. The van der Waals surface area contributed by atoms with Crippen molar-refractivity contribution in [1.82, 2.24) is 10.2 Å². The number of hydrogen-bond acceptors (Lipinski definition) is 4. The van der Waals surface area contributed by atoms with E-state index in [-0.39, 0.29) is 11.3 Å². The minimum absolute atomic E-state index is 0.199. The maximum Gasteiger partial charge on any atom is 0.228 e. The number of piperidine rings is 1. The van der Waals surface area contributed by atoms with Gasteiger partial charge in [-0.1, -0.05) is 6.42 Å². The lowest BCUT2D eigenvalue weighted by atomic mass is 9.68. The maximum atomic E-state index is 12.4. The summed E-state index contributed by atoms with van der Waals surface area (Å²) < 4.78 is 10.4. The SMILES string of the molecule is COCCN1CCC[C@@H](CNC(=O)C2(COC)CCC2)C1. The van der Waals surface area contributed by atoms with Crippen LogP contribution in [0.25, 0.3) is 0 Å². The van der Waals surface area contributed by atoms with Crippen molar-refractivity contribution >= 4 is 5.91 Å². The Morgan fingerprint density at radius 3 is 2.71 bits per heavy atom. The predicted molar refractivity (Wildman–Crippen MR) is 82.2 cm³/mol. The lowest BCUT2D eigenvalue weighted by Crippen LogP contribution is -2.50. The number of nitrogens with one attached hydrogen (secondary N) is 1. The quantitative estimate of drug-likeness (QED) is 0.733. The first-order valence-corrected chi connectivity index (χ1v) is 8.19. The number of carbonyl (C=O) groups is 1. The molecule has 0 aromatic rings. The molecule has 0 bridgehead atoms.